The molecule has 0 aliphatic carbocycles. The summed E-state index contributed by atoms with van der Waals surface area (Å²) in [5.41, 5.74) is 1.87. The van der Waals surface area contributed by atoms with E-state index in [1.165, 1.54) is 10.6 Å². The van der Waals surface area contributed by atoms with E-state index >= 15 is 0 Å². The maximum atomic E-state index is 12.7. The molecule has 0 saturated carbocycles. The van der Waals surface area contributed by atoms with Gasteiger partial charge in [-0.25, -0.2) is 4.98 Å². The van der Waals surface area contributed by atoms with Gasteiger partial charge in [0.25, 0.3) is 5.91 Å². The highest BCUT2D eigenvalue weighted by Gasteiger charge is 2.27. The second-order valence-electron chi connectivity index (χ2n) is 10.0. The Hall–Kier alpha value is -2.56. The van der Waals surface area contributed by atoms with Gasteiger partial charge >= 0.3 is 0 Å². The standard InChI is InChI=1S/C27H35N5O4S/c33-26(31-12-16-35-17-13-31)19-1-3-21(4-2-19)36-22-5-10-32(11-6-22)27-29-23-9-18-37-24(23)25(30-27)28-20-7-14-34-15-8-20/h1-4,20,22H,5-18H2,(H,28,29,30). The smallest absolute Gasteiger partial charge is 0.254 e. The van der Waals surface area contributed by atoms with Gasteiger partial charge in [-0.05, 0) is 37.1 Å². The molecule has 4 aliphatic rings. The summed E-state index contributed by atoms with van der Waals surface area (Å²) in [5, 5.41) is 3.70. The second kappa shape index (κ2) is 11.4. The van der Waals surface area contributed by atoms with Crippen LogP contribution in [-0.4, -0.2) is 91.3 Å². The number of piperidine rings is 1. The van der Waals surface area contributed by atoms with Crippen molar-refractivity contribution < 1.29 is 19.0 Å². The molecule has 198 valence electrons. The first kappa shape index (κ1) is 24.8. The van der Waals surface area contributed by atoms with E-state index in [0.29, 0.717) is 37.9 Å². The van der Waals surface area contributed by atoms with Gasteiger partial charge in [-0.1, -0.05) is 0 Å². The van der Waals surface area contributed by atoms with Crippen LogP contribution in [0.4, 0.5) is 11.8 Å². The predicted molar refractivity (Wildman–Crippen MR) is 143 cm³/mol. The predicted octanol–water partition coefficient (Wildman–Crippen LogP) is 3.24. The zero-order valence-corrected chi connectivity index (χ0v) is 22.0. The molecule has 0 unspecified atom stereocenters. The molecule has 0 spiro atoms. The molecule has 1 amide bonds. The number of hydrogen-bond donors (Lipinski definition) is 1. The summed E-state index contributed by atoms with van der Waals surface area (Å²) in [7, 11) is 0. The maximum absolute atomic E-state index is 12.7. The number of morpholine rings is 1. The van der Waals surface area contributed by atoms with Crippen molar-refractivity contribution in [2.45, 2.75) is 49.1 Å². The van der Waals surface area contributed by atoms with Crippen molar-refractivity contribution >= 4 is 29.4 Å². The molecule has 6 rings (SSSR count). The van der Waals surface area contributed by atoms with Crippen LogP contribution in [0.2, 0.25) is 0 Å². The van der Waals surface area contributed by atoms with Gasteiger partial charge in [0, 0.05) is 76.0 Å². The molecule has 3 fully saturated rings. The third-order valence-electron chi connectivity index (χ3n) is 7.50. The van der Waals surface area contributed by atoms with Gasteiger partial charge in [-0.3, -0.25) is 4.79 Å². The zero-order valence-electron chi connectivity index (χ0n) is 21.2. The molecule has 0 atom stereocenters. The van der Waals surface area contributed by atoms with Gasteiger partial charge < -0.3 is 29.3 Å². The highest BCUT2D eigenvalue weighted by molar-refractivity contribution is 7.99. The number of hydrogen-bond acceptors (Lipinski definition) is 9. The lowest BCUT2D eigenvalue weighted by Gasteiger charge is -2.33. The van der Waals surface area contributed by atoms with Crippen molar-refractivity contribution in [2.75, 3.05) is 68.6 Å². The van der Waals surface area contributed by atoms with E-state index in [9.17, 15) is 4.79 Å². The van der Waals surface area contributed by atoms with Crippen LogP contribution in [0.25, 0.3) is 0 Å². The van der Waals surface area contributed by atoms with E-state index < -0.39 is 0 Å². The number of thioether (sulfide) groups is 1. The van der Waals surface area contributed by atoms with Crippen LogP contribution in [0, 0.1) is 0 Å². The Morgan fingerprint density at radius 3 is 2.43 bits per heavy atom. The fourth-order valence-electron chi connectivity index (χ4n) is 5.32. The maximum Gasteiger partial charge on any atom is 0.254 e. The third kappa shape index (κ3) is 5.81. The molecular weight excluding hydrogens is 490 g/mol. The first-order chi connectivity index (χ1) is 18.2. The lowest BCUT2D eigenvalue weighted by Crippen LogP contribution is -2.40. The van der Waals surface area contributed by atoms with Crippen LogP contribution >= 0.6 is 11.8 Å². The Morgan fingerprint density at radius 1 is 0.946 bits per heavy atom. The van der Waals surface area contributed by atoms with E-state index in [2.05, 4.69) is 10.2 Å². The van der Waals surface area contributed by atoms with Gasteiger partial charge in [0.2, 0.25) is 5.95 Å². The normalized spacial score (nSPS) is 21.1. The van der Waals surface area contributed by atoms with E-state index in [1.807, 2.05) is 40.9 Å². The molecule has 1 aromatic heterocycles. The number of ether oxygens (including phenoxy) is 3. The van der Waals surface area contributed by atoms with Gasteiger partial charge in [-0.2, -0.15) is 4.98 Å². The van der Waals surface area contributed by atoms with Crippen molar-refractivity contribution in [3.8, 4) is 5.75 Å². The van der Waals surface area contributed by atoms with Crippen LogP contribution in [-0.2, 0) is 15.9 Å². The Morgan fingerprint density at radius 2 is 1.68 bits per heavy atom. The molecule has 1 aromatic carbocycles. The lowest BCUT2D eigenvalue weighted by atomic mass is 10.1. The summed E-state index contributed by atoms with van der Waals surface area (Å²) in [4.78, 5) is 28.0. The average molecular weight is 526 g/mol. The van der Waals surface area contributed by atoms with E-state index in [1.54, 1.807) is 0 Å². The molecule has 9 nitrogen and oxygen atoms in total. The number of anilines is 2. The van der Waals surface area contributed by atoms with E-state index in [-0.39, 0.29) is 12.0 Å². The zero-order chi connectivity index (χ0) is 25.0. The molecule has 5 heterocycles. The number of benzene rings is 1. The molecule has 37 heavy (non-hydrogen) atoms. The molecule has 0 bridgehead atoms. The lowest BCUT2D eigenvalue weighted by molar-refractivity contribution is 0.0303. The van der Waals surface area contributed by atoms with Crippen molar-refractivity contribution in [1.29, 1.82) is 0 Å². The summed E-state index contributed by atoms with van der Waals surface area (Å²) in [6.07, 6.45) is 5.00. The Balaban J connectivity index is 1.05. The molecule has 2 aromatic rings. The van der Waals surface area contributed by atoms with Gasteiger partial charge in [0.1, 0.15) is 17.7 Å². The highest BCUT2D eigenvalue weighted by atomic mass is 32.2. The number of nitrogens with one attached hydrogen (secondary N) is 1. The number of fused-ring (bicyclic) bond motifs is 1. The minimum atomic E-state index is 0.0570. The van der Waals surface area contributed by atoms with Crippen molar-refractivity contribution in [1.82, 2.24) is 14.9 Å². The summed E-state index contributed by atoms with van der Waals surface area (Å²) in [6.45, 7) is 5.85. The Bertz CT molecular complexity index is 1080. The van der Waals surface area contributed by atoms with Gasteiger partial charge in [0.15, 0.2) is 0 Å². The summed E-state index contributed by atoms with van der Waals surface area (Å²) in [5.74, 6) is 3.77. The third-order valence-corrected chi connectivity index (χ3v) is 8.62. The molecule has 10 heteroatoms. The number of carbonyl (C=O) groups is 1. The molecule has 3 saturated heterocycles. The van der Waals surface area contributed by atoms with E-state index in [4.69, 9.17) is 24.2 Å². The average Bonchev–Trinajstić information content (AvgIpc) is 3.44. The Labute approximate surface area is 222 Å². The number of carbonyl (C=O) groups excluding carboxylic acids is 1. The quantitative estimate of drug-likeness (QED) is 0.611. The van der Waals surface area contributed by atoms with E-state index in [0.717, 1.165) is 81.7 Å². The van der Waals surface area contributed by atoms with Crippen LogP contribution in [0.1, 0.15) is 41.7 Å². The minimum absolute atomic E-state index is 0.0570. The van der Waals surface area contributed by atoms with Crippen LogP contribution in [0.5, 0.6) is 5.75 Å². The summed E-state index contributed by atoms with van der Waals surface area (Å²) < 4.78 is 17.1. The van der Waals surface area contributed by atoms with Crippen LogP contribution in [0.3, 0.4) is 0 Å². The highest BCUT2D eigenvalue weighted by Crippen LogP contribution is 2.37. The molecule has 1 N–H and O–H groups in total. The van der Waals surface area contributed by atoms with Crippen molar-refractivity contribution in [3.05, 3.63) is 35.5 Å². The second-order valence-corrected chi connectivity index (χ2v) is 11.1. The molecule has 0 radical (unpaired) electrons. The largest absolute Gasteiger partial charge is 0.490 e. The number of rotatable bonds is 6. The van der Waals surface area contributed by atoms with Gasteiger partial charge in [-0.15, -0.1) is 11.8 Å². The SMILES string of the molecule is O=C(c1ccc(OC2CCN(c3nc4c(c(NC5CCOCC5)n3)SCC4)CC2)cc1)N1CCOCC1. The first-order valence-electron chi connectivity index (χ1n) is 13.5. The number of nitrogens with zero attached hydrogens (tertiary/aromatic N) is 4. The summed E-state index contributed by atoms with van der Waals surface area (Å²) >= 11 is 1.86. The Kier molecular flexibility index (Phi) is 7.66. The van der Waals surface area contributed by atoms with Crippen molar-refractivity contribution in [2.24, 2.45) is 0 Å². The minimum Gasteiger partial charge on any atom is -0.490 e. The number of amides is 1. The van der Waals surface area contributed by atoms with Gasteiger partial charge in [0.05, 0.1) is 23.8 Å². The summed E-state index contributed by atoms with van der Waals surface area (Å²) in [6, 6.07) is 7.97. The first-order valence-corrected chi connectivity index (χ1v) is 14.5. The fourth-order valence-corrected chi connectivity index (χ4v) is 6.38. The topological polar surface area (TPSA) is 89.0 Å². The number of aryl methyl sites for hydroxylation is 1. The monoisotopic (exact) mass is 525 g/mol. The molecule has 4 aliphatic heterocycles. The molecular formula is C27H35N5O4S. The van der Waals surface area contributed by atoms with Crippen molar-refractivity contribution in [3.63, 3.8) is 0 Å². The van der Waals surface area contributed by atoms with Crippen LogP contribution in [0.15, 0.2) is 29.2 Å². The fraction of sp³-hybridized carbons (Fsp3) is 0.593. The van der Waals surface area contributed by atoms with Crippen LogP contribution < -0.4 is 15.0 Å². The number of aromatic nitrogens is 2.